The van der Waals surface area contributed by atoms with Crippen molar-refractivity contribution < 1.29 is 22.9 Å². The van der Waals surface area contributed by atoms with Gasteiger partial charge in [-0.05, 0) is 37.5 Å². The molecule has 0 aliphatic carbocycles. The number of urea groups is 1. The van der Waals surface area contributed by atoms with Gasteiger partial charge >= 0.3 is 6.03 Å². The van der Waals surface area contributed by atoms with E-state index in [-0.39, 0.29) is 18.6 Å². The van der Waals surface area contributed by atoms with Crippen LogP contribution in [0.25, 0.3) is 0 Å². The molecule has 0 radical (unpaired) electrons. The zero-order valence-electron chi connectivity index (χ0n) is 16.7. The summed E-state index contributed by atoms with van der Waals surface area (Å²) in [6.45, 7) is 7.78. The molecule has 2 aliphatic heterocycles. The summed E-state index contributed by atoms with van der Waals surface area (Å²) in [5, 5.41) is 2.73. The summed E-state index contributed by atoms with van der Waals surface area (Å²) in [5.41, 5.74) is 1.65. The van der Waals surface area contributed by atoms with Gasteiger partial charge in [-0.2, -0.15) is 4.31 Å². The van der Waals surface area contributed by atoms with Crippen LogP contribution < -0.4 is 10.2 Å². The molecule has 1 aromatic carbocycles. The number of imide groups is 1. The van der Waals surface area contributed by atoms with Crippen molar-refractivity contribution in [1.29, 1.82) is 0 Å². The van der Waals surface area contributed by atoms with E-state index in [1.54, 1.807) is 13.0 Å². The summed E-state index contributed by atoms with van der Waals surface area (Å²) < 4.78 is 27.5. The normalized spacial score (nSPS) is 22.0. The summed E-state index contributed by atoms with van der Waals surface area (Å²) in [7, 11) is -3.54. The van der Waals surface area contributed by atoms with Gasteiger partial charge in [0.2, 0.25) is 10.0 Å². The van der Waals surface area contributed by atoms with Crippen LogP contribution in [0, 0.1) is 13.8 Å². The summed E-state index contributed by atoms with van der Waals surface area (Å²) in [4.78, 5) is 27.1. The Morgan fingerprint density at radius 2 is 1.86 bits per heavy atom. The second-order valence-corrected chi connectivity index (χ2v) is 9.54. The Morgan fingerprint density at radius 3 is 2.50 bits per heavy atom. The lowest BCUT2D eigenvalue weighted by atomic mass is 10.2. The Kier molecular flexibility index (Phi) is 6.07. The van der Waals surface area contributed by atoms with Crippen LogP contribution in [0.2, 0.25) is 0 Å². The van der Waals surface area contributed by atoms with E-state index in [2.05, 4.69) is 5.32 Å². The van der Waals surface area contributed by atoms with Crippen molar-refractivity contribution in [1.82, 2.24) is 14.5 Å². The first-order valence-corrected chi connectivity index (χ1v) is 11.2. The maximum absolute atomic E-state index is 13.0. The molecule has 9 heteroatoms. The number of hydrogen-bond acceptors (Lipinski definition) is 4. The molecule has 2 N–H and O–H groups in total. The molecule has 0 aromatic heterocycles. The van der Waals surface area contributed by atoms with E-state index in [1.165, 1.54) is 9.21 Å². The highest BCUT2D eigenvalue weighted by Crippen LogP contribution is 2.21. The van der Waals surface area contributed by atoms with Crippen LogP contribution in [0.15, 0.2) is 23.1 Å². The van der Waals surface area contributed by atoms with Crippen molar-refractivity contribution in [2.75, 3.05) is 32.8 Å². The Bertz CT molecular complexity index is 863. The van der Waals surface area contributed by atoms with Crippen LogP contribution in [0.4, 0.5) is 4.79 Å². The molecular weight excluding hydrogens is 380 g/mol. The van der Waals surface area contributed by atoms with Crippen molar-refractivity contribution in [2.24, 2.45) is 0 Å². The van der Waals surface area contributed by atoms with Crippen LogP contribution >= 0.6 is 0 Å². The summed E-state index contributed by atoms with van der Waals surface area (Å²) in [6.07, 6.45) is 1.46. The Balaban J connectivity index is 1.62. The maximum Gasteiger partial charge on any atom is 0.329 e. The van der Waals surface area contributed by atoms with E-state index in [9.17, 15) is 18.0 Å². The molecule has 0 unspecified atom stereocenters. The molecule has 8 nitrogen and oxygen atoms in total. The van der Waals surface area contributed by atoms with Gasteiger partial charge in [-0.15, -0.1) is 0 Å². The average Bonchev–Trinajstić information content (AvgIpc) is 2.92. The molecule has 3 rings (SSSR count). The number of piperazine rings is 1. The molecule has 2 fully saturated rings. The second kappa shape index (κ2) is 8.18. The van der Waals surface area contributed by atoms with Gasteiger partial charge in [0.25, 0.3) is 5.91 Å². The molecule has 2 heterocycles. The number of carbonyl (C=O) groups is 2. The maximum atomic E-state index is 13.0. The summed E-state index contributed by atoms with van der Waals surface area (Å²) in [5.74, 6) is -0.176. The minimum atomic E-state index is -3.54. The number of amides is 3. The molecule has 0 spiro atoms. The molecule has 2 saturated heterocycles. The van der Waals surface area contributed by atoms with Gasteiger partial charge in [-0.25, -0.2) is 18.1 Å². The molecule has 0 bridgehead atoms. The van der Waals surface area contributed by atoms with E-state index in [4.69, 9.17) is 0 Å². The number of aryl methyl sites for hydroxylation is 2. The van der Waals surface area contributed by atoms with E-state index < -0.39 is 16.1 Å². The smallest absolute Gasteiger partial charge is 0.326 e. The number of benzene rings is 1. The molecule has 2 aliphatic rings. The topological polar surface area (TPSA) is 91.2 Å². The molecule has 3 amide bonds. The third-order valence-electron chi connectivity index (χ3n) is 5.46. The number of quaternary nitrogens is 1. The summed E-state index contributed by atoms with van der Waals surface area (Å²) in [6, 6.07) is 4.67. The minimum absolute atomic E-state index is 0.176. The van der Waals surface area contributed by atoms with Gasteiger partial charge < -0.3 is 10.2 Å². The van der Waals surface area contributed by atoms with Gasteiger partial charge in [-0.3, -0.25) is 4.79 Å². The van der Waals surface area contributed by atoms with Gasteiger partial charge in [0.1, 0.15) is 6.04 Å². The highest BCUT2D eigenvalue weighted by atomic mass is 32.2. The molecule has 0 saturated carbocycles. The lowest BCUT2D eigenvalue weighted by Crippen LogP contribution is -3.16. The van der Waals surface area contributed by atoms with Crippen LogP contribution in [0.3, 0.4) is 0 Å². The SMILES string of the molecule is CCC[C@H]1NC(=O)N(C[NH+]2CCN(S(=O)(=O)c3cc(C)ccc3C)CC2)C1=O. The standard InChI is InChI=1S/C19H28N4O4S/c1-4-5-16-18(24)23(19(25)20-16)13-21-8-10-22(11-9-21)28(26,27)17-12-14(2)6-7-15(17)3/h6-7,12,16H,4-5,8-11,13H2,1-3H3,(H,20,25)/p+1/t16-/m1/s1. The zero-order valence-corrected chi connectivity index (χ0v) is 17.5. The highest BCUT2D eigenvalue weighted by Gasteiger charge is 2.40. The van der Waals surface area contributed by atoms with Crippen LogP contribution in [0.5, 0.6) is 0 Å². The molecule has 28 heavy (non-hydrogen) atoms. The number of carbonyl (C=O) groups excluding carboxylic acids is 2. The van der Waals surface area contributed by atoms with E-state index in [1.807, 2.05) is 26.0 Å². The summed E-state index contributed by atoms with van der Waals surface area (Å²) >= 11 is 0. The van der Waals surface area contributed by atoms with Crippen molar-refractivity contribution in [3.63, 3.8) is 0 Å². The fraction of sp³-hybridized carbons (Fsp3) is 0.579. The van der Waals surface area contributed by atoms with Gasteiger partial charge in [0.15, 0.2) is 6.67 Å². The van der Waals surface area contributed by atoms with Crippen LogP contribution in [-0.2, 0) is 14.8 Å². The van der Waals surface area contributed by atoms with Crippen LogP contribution in [0.1, 0.15) is 30.9 Å². The largest absolute Gasteiger partial charge is 0.329 e. The van der Waals surface area contributed by atoms with Crippen molar-refractivity contribution in [3.8, 4) is 0 Å². The first kappa shape index (κ1) is 20.8. The van der Waals surface area contributed by atoms with Gasteiger partial charge in [0.05, 0.1) is 31.1 Å². The molecule has 154 valence electrons. The van der Waals surface area contributed by atoms with Crippen LogP contribution in [-0.4, -0.2) is 68.5 Å². The van der Waals surface area contributed by atoms with Gasteiger partial charge in [0, 0.05) is 0 Å². The predicted molar refractivity (Wildman–Crippen MR) is 104 cm³/mol. The van der Waals surface area contributed by atoms with E-state index in [0.29, 0.717) is 37.5 Å². The zero-order chi connectivity index (χ0) is 20.5. The number of sulfonamides is 1. The number of hydrogen-bond donors (Lipinski definition) is 2. The first-order chi connectivity index (χ1) is 13.2. The predicted octanol–water partition coefficient (Wildman–Crippen LogP) is -0.129. The van der Waals surface area contributed by atoms with Gasteiger partial charge in [-0.1, -0.05) is 25.5 Å². The number of nitrogens with one attached hydrogen (secondary N) is 2. The quantitative estimate of drug-likeness (QED) is 0.641. The van der Waals surface area contributed by atoms with Crippen molar-refractivity contribution in [3.05, 3.63) is 29.3 Å². The molecular formula is C19H29N4O4S+. The average molecular weight is 410 g/mol. The first-order valence-electron chi connectivity index (χ1n) is 9.77. The monoisotopic (exact) mass is 409 g/mol. The van der Waals surface area contributed by atoms with Crippen molar-refractivity contribution >= 4 is 22.0 Å². The highest BCUT2D eigenvalue weighted by molar-refractivity contribution is 7.89. The molecule has 1 aromatic rings. The van der Waals surface area contributed by atoms with E-state index in [0.717, 1.165) is 22.4 Å². The van der Waals surface area contributed by atoms with Crippen molar-refractivity contribution in [2.45, 2.75) is 44.6 Å². The minimum Gasteiger partial charge on any atom is -0.326 e. The third kappa shape index (κ3) is 4.06. The fourth-order valence-electron chi connectivity index (χ4n) is 3.76. The second-order valence-electron chi connectivity index (χ2n) is 7.64. The number of nitrogens with zero attached hydrogens (tertiary/aromatic N) is 2. The Morgan fingerprint density at radius 1 is 1.18 bits per heavy atom. The third-order valence-corrected chi connectivity index (χ3v) is 7.50. The Labute approximate surface area is 166 Å². The van der Waals surface area contributed by atoms with E-state index >= 15 is 0 Å². The lowest BCUT2D eigenvalue weighted by molar-refractivity contribution is -0.910. The Hall–Kier alpha value is -1.97. The lowest BCUT2D eigenvalue weighted by Gasteiger charge is -2.33. The number of rotatable bonds is 6. The fourth-order valence-corrected chi connectivity index (χ4v) is 5.51. The molecule has 1 atom stereocenters.